The van der Waals surface area contributed by atoms with Gasteiger partial charge in [-0.05, 0) is 23.0 Å². The van der Waals surface area contributed by atoms with Crippen LogP contribution in [0.2, 0.25) is 0 Å². The second kappa shape index (κ2) is 7.34. The molecule has 0 amide bonds. The van der Waals surface area contributed by atoms with Crippen molar-refractivity contribution in [3.8, 4) is 0 Å². The molecular formula is C16H17NO2+. The Bertz CT molecular complexity index is 497. The smallest absolute Gasteiger partial charge is 0.199 e. The van der Waals surface area contributed by atoms with Crippen molar-refractivity contribution in [3.05, 3.63) is 71.8 Å². The predicted octanol–water partition coefficient (Wildman–Crippen LogP) is 2.87. The molecule has 97 valence electrons. The van der Waals surface area contributed by atoms with Crippen LogP contribution >= 0.6 is 0 Å². The van der Waals surface area contributed by atoms with Gasteiger partial charge in [-0.25, -0.2) is 0 Å². The molecule has 2 rings (SSSR count). The maximum Gasteiger partial charge on any atom is 0.597 e. The van der Waals surface area contributed by atoms with Gasteiger partial charge in [-0.3, -0.25) is 0 Å². The maximum absolute atomic E-state index is 11.5. The Labute approximate surface area is 113 Å². The molecule has 3 nitrogen and oxygen atoms in total. The quantitative estimate of drug-likeness (QED) is 0.637. The fraction of sp³-hybridized carbons (Fsp3) is 0.188. The van der Waals surface area contributed by atoms with Crippen molar-refractivity contribution < 1.29 is 9.63 Å². The van der Waals surface area contributed by atoms with E-state index >= 15 is 0 Å². The van der Waals surface area contributed by atoms with Crippen LogP contribution < -0.4 is 5.48 Å². The number of benzene rings is 2. The van der Waals surface area contributed by atoms with E-state index in [9.17, 15) is 4.79 Å². The molecule has 19 heavy (non-hydrogen) atoms. The number of carbonyl (C=O) groups is 1. The predicted molar refractivity (Wildman–Crippen MR) is 74.1 cm³/mol. The summed E-state index contributed by atoms with van der Waals surface area (Å²) in [4.78, 5) is 16.5. The molecule has 3 heteroatoms. The fourth-order valence-electron chi connectivity index (χ4n) is 1.74. The topological polar surface area (TPSA) is 41.2 Å². The first-order chi connectivity index (χ1) is 9.34. The Morgan fingerprint density at radius 2 is 1.47 bits per heavy atom. The van der Waals surface area contributed by atoms with Crippen molar-refractivity contribution in [2.45, 2.75) is 19.4 Å². The zero-order valence-electron chi connectivity index (χ0n) is 10.7. The molecule has 0 spiro atoms. The molecule has 2 aromatic carbocycles. The standard InChI is InChI=1S/C16H17NO2/c18-16(12-11-14-7-3-1-4-8-14)19-17-13-15-9-5-2-6-10-15/h1-10,17H,11-13H2/q+1. The lowest BCUT2D eigenvalue weighted by Crippen LogP contribution is -2.19. The van der Waals surface area contributed by atoms with E-state index in [4.69, 9.17) is 4.84 Å². The van der Waals surface area contributed by atoms with Gasteiger partial charge in [-0.15, -0.1) is 0 Å². The van der Waals surface area contributed by atoms with Crippen LogP contribution in [0.5, 0.6) is 0 Å². The van der Waals surface area contributed by atoms with Gasteiger partial charge in [0, 0.05) is 0 Å². The minimum absolute atomic E-state index is 0.236. The van der Waals surface area contributed by atoms with Crippen LogP contribution in [-0.4, -0.2) is 5.97 Å². The Balaban J connectivity index is 1.65. The number of hydrogen-bond acceptors (Lipinski definition) is 3. The summed E-state index contributed by atoms with van der Waals surface area (Å²) < 4.78 is 0. The van der Waals surface area contributed by atoms with Crippen LogP contribution in [0.15, 0.2) is 60.7 Å². The monoisotopic (exact) mass is 255 g/mol. The third-order valence-electron chi connectivity index (χ3n) is 2.77. The summed E-state index contributed by atoms with van der Waals surface area (Å²) in [6, 6.07) is 19.7. The summed E-state index contributed by atoms with van der Waals surface area (Å²) in [5, 5.41) is 0. The Kier molecular flexibility index (Phi) is 5.14. The van der Waals surface area contributed by atoms with Gasteiger partial charge in [0.05, 0.1) is 11.3 Å². The molecule has 0 saturated carbocycles. The average Bonchev–Trinajstić information content (AvgIpc) is 2.47. The first kappa shape index (κ1) is 13.3. The molecular weight excluding hydrogens is 238 g/mol. The van der Waals surface area contributed by atoms with Gasteiger partial charge in [0.15, 0.2) is 0 Å². The highest BCUT2D eigenvalue weighted by atomic mass is 16.7. The molecule has 1 N–H and O–H groups in total. The van der Waals surface area contributed by atoms with E-state index in [0.29, 0.717) is 19.4 Å². The van der Waals surface area contributed by atoms with Crippen molar-refractivity contribution in [3.63, 3.8) is 0 Å². The Hall–Kier alpha value is -2.13. The lowest BCUT2D eigenvalue weighted by atomic mass is 10.1. The van der Waals surface area contributed by atoms with Gasteiger partial charge in [0.1, 0.15) is 6.42 Å². The van der Waals surface area contributed by atoms with E-state index in [2.05, 4.69) is 5.48 Å². The third kappa shape index (κ3) is 4.94. The highest BCUT2D eigenvalue weighted by Gasteiger charge is 2.17. The molecule has 0 aromatic heterocycles. The van der Waals surface area contributed by atoms with Crippen LogP contribution in [0.4, 0.5) is 0 Å². The summed E-state index contributed by atoms with van der Waals surface area (Å²) in [7, 11) is 0. The first-order valence-corrected chi connectivity index (χ1v) is 6.35. The first-order valence-electron chi connectivity index (χ1n) is 6.35. The molecule has 0 heterocycles. The van der Waals surface area contributed by atoms with Crippen LogP contribution in [0, 0.1) is 0 Å². The largest absolute Gasteiger partial charge is 0.597 e. The average molecular weight is 255 g/mol. The molecule has 0 fully saturated rings. The van der Waals surface area contributed by atoms with Crippen molar-refractivity contribution in [2.75, 3.05) is 0 Å². The van der Waals surface area contributed by atoms with Gasteiger partial charge in [0.25, 0.3) is 0 Å². The molecule has 0 unspecified atom stereocenters. The van der Waals surface area contributed by atoms with Crippen molar-refractivity contribution in [1.82, 2.24) is 5.48 Å². The highest BCUT2D eigenvalue weighted by molar-refractivity contribution is 5.69. The molecule has 0 aliphatic carbocycles. The van der Waals surface area contributed by atoms with Gasteiger partial charge in [-0.2, -0.15) is 4.84 Å². The third-order valence-corrected chi connectivity index (χ3v) is 2.77. The zero-order valence-corrected chi connectivity index (χ0v) is 10.7. The van der Waals surface area contributed by atoms with Crippen LogP contribution in [0.1, 0.15) is 17.5 Å². The number of aryl methyl sites for hydroxylation is 1. The minimum atomic E-state index is -0.236. The Morgan fingerprint density at radius 1 is 0.895 bits per heavy atom. The van der Waals surface area contributed by atoms with Gasteiger partial charge < -0.3 is 0 Å². The van der Waals surface area contributed by atoms with E-state index in [1.807, 2.05) is 60.7 Å². The summed E-state index contributed by atoms with van der Waals surface area (Å²) in [5.41, 5.74) is 4.91. The van der Waals surface area contributed by atoms with Gasteiger partial charge >= 0.3 is 5.97 Å². The Morgan fingerprint density at radius 3 is 2.11 bits per heavy atom. The molecule has 0 saturated heterocycles. The normalized spacial score (nSPS) is 10.1. The van der Waals surface area contributed by atoms with Crippen molar-refractivity contribution in [2.24, 2.45) is 0 Å². The van der Waals surface area contributed by atoms with E-state index < -0.39 is 0 Å². The zero-order chi connectivity index (χ0) is 13.3. The number of hydrogen-bond donors (Lipinski definition) is 1. The highest BCUT2D eigenvalue weighted by Crippen LogP contribution is 2.03. The summed E-state index contributed by atoms with van der Waals surface area (Å²) in [6.07, 6.45) is 1.08. The fourth-order valence-corrected chi connectivity index (χ4v) is 1.74. The maximum atomic E-state index is 11.5. The van der Waals surface area contributed by atoms with Gasteiger partial charge in [-0.1, -0.05) is 60.7 Å². The van der Waals surface area contributed by atoms with Gasteiger partial charge in [0.2, 0.25) is 0 Å². The van der Waals surface area contributed by atoms with Crippen LogP contribution in [-0.2, 0) is 22.6 Å². The second-order valence-corrected chi connectivity index (χ2v) is 4.27. The molecule has 0 aliphatic heterocycles. The summed E-state index contributed by atoms with van der Waals surface area (Å²) in [6.45, 7) is 0.526. The second-order valence-electron chi connectivity index (χ2n) is 4.27. The number of rotatable bonds is 6. The molecule has 0 atom stereocenters. The summed E-state index contributed by atoms with van der Waals surface area (Å²) in [5.74, 6) is -0.236. The SMILES string of the molecule is [O+]=C(CCc1ccccc1)ONCc1ccccc1. The number of hydroxylamine groups is 1. The van der Waals surface area contributed by atoms with Crippen LogP contribution in [0.3, 0.4) is 0 Å². The lowest BCUT2D eigenvalue weighted by molar-refractivity contribution is -0.151. The number of carbonyl (C=O) groups excluding carboxylic acids is 1. The van der Waals surface area contributed by atoms with E-state index in [-0.39, 0.29) is 5.97 Å². The van der Waals surface area contributed by atoms with Crippen molar-refractivity contribution in [1.29, 1.82) is 0 Å². The lowest BCUT2D eigenvalue weighted by Gasteiger charge is -1.98. The van der Waals surface area contributed by atoms with E-state index in [1.54, 1.807) is 0 Å². The minimum Gasteiger partial charge on any atom is -0.199 e. The van der Waals surface area contributed by atoms with Crippen LogP contribution in [0.25, 0.3) is 0 Å². The molecule has 0 bridgehead atoms. The van der Waals surface area contributed by atoms with E-state index in [1.165, 1.54) is 0 Å². The molecule has 0 aliphatic rings. The molecule has 2 aromatic rings. The van der Waals surface area contributed by atoms with Crippen molar-refractivity contribution >= 4 is 5.97 Å². The van der Waals surface area contributed by atoms with E-state index in [0.717, 1.165) is 11.1 Å². The number of nitrogens with one attached hydrogen (secondary N) is 1. The summed E-state index contributed by atoms with van der Waals surface area (Å²) >= 11 is 0. The molecule has 1 radical (unpaired) electrons.